The molecule has 1 aliphatic carbocycles. The Hall–Kier alpha value is -2.61. The molecule has 0 saturated heterocycles. The number of para-hydroxylation sites is 1. The van der Waals surface area contributed by atoms with E-state index in [0.29, 0.717) is 11.1 Å². The highest BCUT2D eigenvalue weighted by atomic mass is 16.3. The Balaban J connectivity index is 1.60. The summed E-state index contributed by atoms with van der Waals surface area (Å²) in [4.78, 5) is 4.61. The molecule has 0 unspecified atom stereocenters. The van der Waals surface area contributed by atoms with Crippen LogP contribution in [0.4, 0.5) is 0 Å². The van der Waals surface area contributed by atoms with Crippen LogP contribution in [0.15, 0.2) is 59.1 Å². The van der Waals surface area contributed by atoms with Crippen LogP contribution in [0.1, 0.15) is 40.9 Å². The van der Waals surface area contributed by atoms with E-state index < -0.39 is 6.85 Å². The van der Waals surface area contributed by atoms with Gasteiger partial charge in [0.05, 0.1) is 5.69 Å². The van der Waals surface area contributed by atoms with E-state index in [1.807, 2.05) is 30.5 Å². The molecule has 1 fully saturated rings. The van der Waals surface area contributed by atoms with Gasteiger partial charge in [0.2, 0.25) is 0 Å². The zero-order valence-corrected chi connectivity index (χ0v) is 14.7. The highest BCUT2D eigenvalue weighted by Gasteiger charge is 2.17. The van der Waals surface area contributed by atoms with Crippen molar-refractivity contribution in [2.45, 2.75) is 39.0 Å². The van der Waals surface area contributed by atoms with Crippen molar-refractivity contribution < 1.29 is 8.53 Å². The van der Waals surface area contributed by atoms with E-state index in [9.17, 15) is 0 Å². The lowest BCUT2D eigenvalue weighted by Crippen LogP contribution is -1.99. The molecule has 2 aromatic carbocycles. The first-order valence-electron chi connectivity index (χ1n) is 10.9. The second-order valence-corrected chi connectivity index (χ2v) is 7.40. The van der Waals surface area contributed by atoms with Crippen molar-refractivity contribution in [1.82, 2.24) is 4.98 Å². The van der Waals surface area contributed by atoms with E-state index in [1.54, 1.807) is 12.1 Å². The molecule has 0 spiro atoms. The van der Waals surface area contributed by atoms with Crippen LogP contribution in [0, 0.1) is 12.8 Å². The monoisotopic (exact) mass is 344 g/mol. The third kappa shape index (κ3) is 2.70. The minimum Gasteiger partial charge on any atom is -0.455 e. The number of hydrogen-bond donors (Lipinski definition) is 0. The molecule has 0 bridgehead atoms. The fraction of sp³-hybridized carbons (Fsp3) is 0.292. The van der Waals surface area contributed by atoms with E-state index in [-0.39, 0.29) is 0 Å². The Morgan fingerprint density at radius 2 is 2.00 bits per heavy atom. The molecule has 2 nitrogen and oxygen atoms in total. The summed E-state index contributed by atoms with van der Waals surface area (Å²) in [5, 5.41) is 1.91. The maximum Gasteiger partial charge on any atom is 0.144 e. The van der Waals surface area contributed by atoms with Gasteiger partial charge in [-0.3, -0.25) is 4.98 Å². The number of aryl methyl sites for hydroxylation is 1. The number of pyridine rings is 1. The van der Waals surface area contributed by atoms with Crippen LogP contribution >= 0.6 is 0 Å². The lowest BCUT2D eigenvalue weighted by molar-refractivity contribution is 0.546. The van der Waals surface area contributed by atoms with Crippen molar-refractivity contribution in [3.05, 3.63) is 65.9 Å². The van der Waals surface area contributed by atoms with E-state index >= 15 is 0 Å². The largest absolute Gasteiger partial charge is 0.455 e. The lowest BCUT2D eigenvalue weighted by atomic mass is 9.97. The molecule has 130 valence electrons. The topological polar surface area (TPSA) is 26.0 Å². The smallest absolute Gasteiger partial charge is 0.144 e. The summed E-state index contributed by atoms with van der Waals surface area (Å²) in [6.07, 6.45) is 8.32. The average Bonchev–Trinajstić information content (AvgIpc) is 3.34. The molecule has 0 N–H and O–H groups in total. The Labute approximate surface area is 158 Å². The zero-order valence-electron chi connectivity index (χ0n) is 17.7. The second-order valence-electron chi connectivity index (χ2n) is 7.40. The zero-order chi connectivity index (χ0) is 20.0. The van der Waals surface area contributed by atoms with Gasteiger partial charge in [-0.25, -0.2) is 0 Å². The third-order valence-corrected chi connectivity index (χ3v) is 5.60. The summed E-state index contributed by atoms with van der Waals surface area (Å²) in [7, 11) is 0. The first kappa shape index (κ1) is 12.7. The first-order valence-corrected chi connectivity index (χ1v) is 9.40. The van der Waals surface area contributed by atoms with E-state index in [4.69, 9.17) is 8.53 Å². The van der Waals surface area contributed by atoms with Crippen LogP contribution in [-0.4, -0.2) is 4.98 Å². The summed E-state index contributed by atoms with van der Waals surface area (Å²) in [6.45, 7) is -2.15. The minimum absolute atomic E-state index is 0.294. The van der Waals surface area contributed by atoms with Gasteiger partial charge in [-0.15, -0.1) is 0 Å². The third-order valence-electron chi connectivity index (χ3n) is 5.60. The normalized spacial score (nSPS) is 17.5. The quantitative estimate of drug-likeness (QED) is 0.414. The number of rotatable bonds is 3. The van der Waals surface area contributed by atoms with Gasteiger partial charge in [0.15, 0.2) is 0 Å². The lowest BCUT2D eigenvalue weighted by Gasteiger charge is -2.10. The van der Waals surface area contributed by atoms with Gasteiger partial charge >= 0.3 is 0 Å². The van der Waals surface area contributed by atoms with Crippen LogP contribution < -0.4 is 0 Å². The van der Waals surface area contributed by atoms with Crippen molar-refractivity contribution in [1.29, 1.82) is 0 Å². The van der Waals surface area contributed by atoms with Crippen LogP contribution in [0.25, 0.3) is 33.2 Å². The van der Waals surface area contributed by atoms with Gasteiger partial charge < -0.3 is 4.42 Å². The van der Waals surface area contributed by atoms with Gasteiger partial charge in [0, 0.05) is 26.6 Å². The van der Waals surface area contributed by atoms with Gasteiger partial charge in [0.25, 0.3) is 0 Å². The number of hydrogen-bond acceptors (Lipinski definition) is 2. The fourth-order valence-corrected chi connectivity index (χ4v) is 4.30. The molecule has 2 heterocycles. The summed E-state index contributed by atoms with van der Waals surface area (Å²) in [5.41, 5.74) is 4.82. The number of benzene rings is 2. The summed E-state index contributed by atoms with van der Waals surface area (Å²) >= 11 is 0. The predicted octanol–water partition coefficient (Wildman–Crippen LogP) is 6.69. The molecule has 1 saturated carbocycles. The number of nitrogens with zero attached hydrogens (tertiary/aromatic N) is 1. The molecule has 0 atom stereocenters. The highest BCUT2D eigenvalue weighted by molar-refractivity contribution is 6.09. The molecule has 0 amide bonds. The molecular weight excluding hydrogens is 318 g/mol. The number of aromatic nitrogens is 1. The Morgan fingerprint density at radius 3 is 2.88 bits per heavy atom. The standard InChI is InChI=1S/C24H23NO/c1-16-9-10-19-20-7-4-8-21(24(20)26-23(19)13-16)22-15-18(11-12-25-22)14-17-5-2-3-6-17/h4,7-13,15,17H,2-3,5-6,14H2,1H3/i1D3. The minimum atomic E-state index is -2.15. The van der Waals surface area contributed by atoms with Crippen molar-refractivity contribution in [3.8, 4) is 11.3 Å². The van der Waals surface area contributed by atoms with Gasteiger partial charge in [-0.1, -0.05) is 49.9 Å². The number of furan rings is 1. The molecule has 0 radical (unpaired) electrons. The predicted molar refractivity (Wildman–Crippen MR) is 107 cm³/mol. The maximum atomic E-state index is 7.66. The number of fused-ring (bicyclic) bond motifs is 3. The summed E-state index contributed by atoms with van der Waals surface area (Å²) in [6, 6.07) is 15.5. The van der Waals surface area contributed by atoms with E-state index in [1.165, 1.54) is 31.2 Å². The van der Waals surface area contributed by atoms with Crippen molar-refractivity contribution in [2.24, 2.45) is 5.92 Å². The van der Waals surface area contributed by atoms with Crippen molar-refractivity contribution in [2.75, 3.05) is 0 Å². The van der Waals surface area contributed by atoms with Crippen LogP contribution in [0.2, 0.25) is 0 Å². The van der Waals surface area contributed by atoms with E-state index in [2.05, 4.69) is 17.1 Å². The molecule has 4 aromatic rings. The Kier molecular flexibility index (Phi) is 3.07. The summed E-state index contributed by atoms with van der Waals surface area (Å²) in [5.74, 6) is 0.783. The van der Waals surface area contributed by atoms with Gasteiger partial charge in [-0.2, -0.15) is 0 Å². The SMILES string of the molecule is [2H]C([2H])([2H])c1ccc2c(c1)oc1c(-c3cc(CC4CCCC4)ccn3)cccc12. The molecular formula is C24H23NO. The molecule has 2 aromatic heterocycles. The van der Waals surface area contributed by atoms with E-state index in [0.717, 1.165) is 40.0 Å². The van der Waals surface area contributed by atoms with Crippen LogP contribution in [-0.2, 0) is 6.42 Å². The average molecular weight is 344 g/mol. The van der Waals surface area contributed by atoms with Crippen molar-refractivity contribution in [3.63, 3.8) is 0 Å². The maximum absolute atomic E-state index is 7.66. The van der Waals surface area contributed by atoms with Gasteiger partial charge in [0.1, 0.15) is 11.2 Å². The second kappa shape index (κ2) is 6.28. The Morgan fingerprint density at radius 1 is 1.08 bits per heavy atom. The molecule has 26 heavy (non-hydrogen) atoms. The fourth-order valence-electron chi connectivity index (χ4n) is 4.30. The van der Waals surface area contributed by atoms with Gasteiger partial charge in [-0.05, 0) is 54.6 Å². The van der Waals surface area contributed by atoms with Crippen molar-refractivity contribution >= 4 is 21.9 Å². The first-order chi connectivity index (χ1) is 14.0. The molecule has 5 rings (SSSR count). The van der Waals surface area contributed by atoms with Crippen LogP contribution in [0.5, 0.6) is 0 Å². The molecule has 2 heteroatoms. The molecule has 1 aliphatic rings. The highest BCUT2D eigenvalue weighted by Crippen LogP contribution is 2.36. The summed E-state index contributed by atoms with van der Waals surface area (Å²) < 4.78 is 29.1. The Bertz CT molecular complexity index is 1190. The molecule has 0 aliphatic heterocycles. The van der Waals surface area contributed by atoms with Crippen LogP contribution in [0.3, 0.4) is 0 Å².